The number of benzene rings is 1. The zero-order valence-electron chi connectivity index (χ0n) is 10.6. The molecule has 1 aromatic rings. The van der Waals surface area contributed by atoms with Gasteiger partial charge in [-0.1, -0.05) is 6.07 Å². The second-order valence-electron chi connectivity index (χ2n) is 3.95. The maximum absolute atomic E-state index is 8.99. The molecular formula is C13H18N2O2. The molecule has 92 valence electrons. The van der Waals surface area contributed by atoms with Crippen LogP contribution in [-0.2, 0) is 0 Å². The summed E-state index contributed by atoms with van der Waals surface area (Å²) in [7, 11) is 5.61. The van der Waals surface area contributed by atoms with Crippen LogP contribution < -0.4 is 9.47 Å². The molecule has 17 heavy (non-hydrogen) atoms. The van der Waals surface area contributed by atoms with Gasteiger partial charge >= 0.3 is 0 Å². The third kappa shape index (κ3) is 3.97. The molecule has 0 amide bonds. The van der Waals surface area contributed by atoms with E-state index >= 15 is 0 Å². The summed E-state index contributed by atoms with van der Waals surface area (Å²) in [5.74, 6) is 1.14. The minimum absolute atomic E-state index is 0.509. The summed E-state index contributed by atoms with van der Waals surface area (Å²) in [5.41, 5.74) is 0.509. The highest BCUT2D eigenvalue weighted by Crippen LogP contribution is 2.30. The number of ether oxygens (including phenoxy) is 2. The average molecular weight is 234 g/mol. The van der Waals surface area contributed by atoms with E-state index in [2.05, 4.69) is 11.0 Å². The summed E-state index contributed by atoms with van der Waals surface area (Å²) in [5, 5.41) is 8.99. The second kappa shape index (κ2) is 6.77. The van der Waals surface area contributed by atoms with Gasteiger partial charge < -0.3 is 14.4 Å². The normalized spacial score (nSPS) is 10.1. The molecule has 0 fully saturated rings. The Kier molecular flexibility index (Phi) is 5.31. The number of methoxy groups -OCH3 is 1. The Bertz CT molecular complexity index is 397. The van der Waals surface area contributed by atoms with Crippen LogP contribution in [0.3, 0.4) is 0 Å². The molecule has 0 N–H and O–H groups in total. The second-order valence-corrected chi connectivity index (χ2v) is 3.95. The zero-order chi connectivity index (χ0) is 12.7. The van der Waals surface area contributed by atoms with Crippen molar-refractivity contribution < 1.29 is 9.47 Å². The number of nitrogens with zero attached hydrogens (tertiary/aromatic N) is 2. The van der Waals surface area contributed by atoms with E-state index in [4.69, 9.17) is 14.7 Å². The fourth-order valence-electron chi connectivity index (χ4n) is 1.47. The van der Waals surface area contributed by atoms with E-state index in [-0.39, 0.29) is 0 Å². The van der Waals surface area contributed by atoms with Crippen LogP contribution in [0.5, 0.6) is 11.5 Å². The molecule has 0 aliphatic heterocycles. The van der Waals surface area contributed by atoms with Gasteiger partial charge in [0.15, 0.2) is 11.5 Å². The lowest BCUT2D eigenvalue weighted by atomic mass is 10.2. The molecule has 0 unspecified atom stereocenters. The Morgan fingerprint density at radius 3 is 2.71 bits per heavy atom. The molecule has 4 nitrogen and oxygen atoms in total. The molecule has 0 atom stereocenters. The SMILES string of the molecule is COc1cccc(C#N)c1OCCCN(C)C. The van der Waals surface area contributed by atoms with Crippen molar-refractivity contribution in [3.63, 3.8) is 0 Å². The van der Waals surface area contributed by atoms with Crippen molar-refractivity contribution in [3.8, 4) is 17.6 Å². The molecule has 0 spiro atoms. The molecule has 0 radical (unpaired) electrons. The third-order valence-corrected chi connectivity index (χ3v) is 2.32. The third-order valence-electron chi connectivity index (χ3n) is 2.32. The van der Waals surface area contributed by atoms with Crippen LogP contribution in [0.4, 0.5) is 0 Å². The van der Waals surface area contributed by atoms with Crippen LogP contribution in [0.25, 0.3) is 0 Å². The fraction of sp³-hybridized carbons (Fsp3) is 0.462. The van der Waals surface area contributed by atoms with E-state index in [0.717, 1.165) is 13.0 Å². The first-order valence-electron chi connectivity index (χ1n) is 5.53. The van der Waals surface area contributed by atoms with Gasteiger partial charge in [-0.15, -0.1) is 0 Å². The lowest BCUT2D eigenvalue weighted by Crippen LogP contribution is -2.15. The van der Waals surface area contributed by atoms with Crippen LogP contribution in [0.15, 0.2) is 18.2 Å². The molecule has 0 aromatic heterocycles. The summed E-state index contributed by atoms with van der Waals surface area (Å²) in [6.45, 7) is 1.53. The fourth-order valence-corrected chi connectivity index (χ4v) is 1.47. The molecule has 0 bridgehead atoms. The van der Waals surface area contributed by atoms with Gasteiger partial charge in [0.2, 0.25) is 0 Å². The lowest BCUT2D eigenvalue weighted by molar-refractivity contribution is 0.267. The Hall–Kier alpha value is -1.73. The van der Waals surface area contributed by atoms with Crippen molar-refractivity contribution in [3.05, 3.63) is 23.8 Å². The van der Waals surface area contributed by atoms with Gasteiger partial charge in [-0.2, -0.15) is 5.26 Å². The summed E-state index contributed by atoms with van der Waals surface area (Å²) < 4.78 is 10.8. The van der Waals surface area contributed by atoms with E-state index in [1.54, 1.807) is 25.3 Å². The van der Waals surface area contributed by atoms with Gasteiger partial charge in [0.1, 0.15) is 6.07 Å². The highest BCUT2D eigenvalue weighted by Gasteiger charge is 2.09. The highest BCUT2D eigenvalue weighted by atomic mass is 16.5. The summed E-state index contributed by atoms with van der Waals surface area (Å²) in [6, 6.07) is 7.41. The smallest absolute Gasteiger partial charge is 0.178 e. The van der Waals surface area contributed by atoms with Gasteiger partial charge in [0, 0.05) is 6.54 Å². The highest BCUT2D eigenvalue weighted by molar-refractivity contribution is 5.52. The molecule has 0 saturated heterocycles. The standard InChI is InChI=1S/C13H18N2O2/c1-15(2)8-5-9-17-13-11(10-14)6-4-7-12(13)16-3/h4,6-7H,5,8-9H2,1-3H3. The Labute approximate surface area is 102 Å². The van der Waals surface area contributed by atoms with E-state index < -0.39 is 0 Å². The minimum atomic E-state index is 0.509. The van der Waals surface area contributed by atoms with Gasteiger partial charge in [0.25, 0.3) is 0 Å². The minimum Gasteiger partial charge on any atom is -0.493 e. The first-order chi connectivity index (χ1) is 8.19. The first kappa shape index (κ1) is 13.3. The zero-order valence-corrected chi connectivity index (χ0v) is 10.6. The van der Waals surface area contributed by atoms with Crippen LogP contribution >= 0.6 is 0 Å². The molecular weight excluding hydrogens is 216 g/mol. The quantitative estimate of drug-likeness (QED) is 0.705. The summed E-state index contributed by atoms with van der Waals surface area (Å²) in [4.78, 5) is 2.09. The number of nitriles is 1. The maximum Gasteiger partial charge on any atom is 0.178 e. The molecule has 0 aliphatic carbocycles. The van der Waals surface area contributed by atoms with Crippen molar-refractivity contribution in [2.75, 3.05) is 34.4 Å². The molecule has 1 rings (SSSR count). The van der Waals surface area contributed by atoms with Crippen molar-refractivity contribution in [2.45, 2.75) is 6.42 Å². The lowest BCUT2D eigenvalue weighted by Gasteiger charge is -2.13. The average Bonchev–Trinajstić information content (AvgIpc) is 2.34. The first-order valence-corrected chi connectivity index (χ1v) is 5.53. The van der Waals surface area contributed by atoms with Crippen LogP contribution in [-0.4, -0.2) is 39.3 Å². The van der Waals surface area contributed by atoms with Gasteiger partial charge in [0.05, 0.1) is 19.3 Å². The monoisotopic (exact) mass is 234 g/mol. The Balaban J connectivity index is 2.65. The van der Waals surface area contributed by atoms with Crippen molar-refractivity contribution >= 4 is 0 Å². The molecule has 1 aromatic carbocycles. The van der Waals surface area contributed by atoms with Gasteiger partial charge in [-0.3, -0.25) is 0 Å². The van der Waals surface area contributed by atoms with Gasteiger partial charge in [-0.05, 0) is 32.6 Å². The molecule has 0 heterocycles. The van der Waals surface area contributed by atoms with Crippen molar-refractivity contribution in [1.82, 2.24) is 4.90 Å². The van der Waals surface area contributed by atoms with E-state index in [9.17, 15) is 0 Å². The molecule has 0 aliphatic rings. The summed E-state index contributed by atoms with van der Waals surface area (Å²) >= 11 is 0. The maximum atomic E-state index is 8.99. The largest absolute Gasteiger partial charge is 0.493 e. The number of hydrogen-bond donors (Lipinski definition) is 0. The topological polar surface area (TPSA) is 45.5 Å². The predicted molar refractivity (Wildman–Crippen MR) is 66.4 cm³/mol. The van der Waals surface area contributed by atoms with Crippen molar-refractivity contribution in [1.29, 1.82) is 5.26 Å². The molecule has 0 saturated carbocycles. The number of para-hydroxylation sites is 1. The van der Waals surface area contributed by atoms with E-state index in [1.165, 1.54) is 0 Å². The predicted octanol–water partition coefficient (Wildman–Crippen LogP) is 1.90. The summed E-state index contributed by atoms with van der Waals surface area (Å²) in [6.07, 6.45) is 0.913. The Morgan fingerprint density at radius 2 is 2.12 bits per heavy atom. The molecule has 4 heteroatoms. The Morgan fingerprint density at radius 1 is 1.35 bits per heavy atom. The van der Waals surface area contributed by atoms with E-state index in [1.807, 2.05) is 14.1 Å². The van der Waals surface area contributed by atoms with Crippen LogP contribution in [0, 0.1) is 11.3 Å². The van der Waals surface area contributed by atoms with Crippen LogP contribution in [0.2, 0.25) is 0 Å². The van der Waals surface area contributed by atoms with Crippen molar-refractivity contribution in [2.24, 2.45) is 0 Å². The van der Waals surface area contributed by atoms with Crippen LogP contribution in [0.1, 0.15) is 12.0 Å². The number of rotatable bonds is 6. The number of hydrogen-bond acceptors (Lipinski definition) is 4. The van der Waals surface area contributed by atoms with Gasteiger partial charge in [-0.25, -0.2) is 0 Å². The van der Waals surface area contributed by atoms with E-state index in [0.29, 0.717) is 23.7 Å².